The summed E-state index contributed by atoms with van der Waals surface area (Å²) in [6, 6.07) is 0. The lowest BCUT2D eigenvalue weighted by atomic mass is 10.2. The van der Waals surface area contributed by atoms with E-state index in [-0.39, 0.29) is 0 Å². The van der Waals surface area contributed by atoms with Gasteiger partial charge in [-0.2, -0.15) is 5.10 Å². The van der Waals surface area contributed by atoms with Crippen molar-refractivity contribution in [3.8, 4) is 0 Å². The van der Waals surface area contributed by atoms with Crippen LogP contribution in [0.5, 0.6) is 0 Å². The van der Waals surface area contributed by atoms with E-state index in [0.29, 0.717) is 30.2 Å². The van der Waals surface area contributed by atoms with Crippen molar-refractivity contribution in [1.82, 2.24) is 19.6 Å². The van der Waals surface area contributed by atoms with Gasteiger partial charge in [0.1, 0.15) is 11.4 Å². The summed E-state index contributed by atoms with van der Waals surface area (Å²) in [4.78, 5) is 16.6. The molecule has 0 bridgehead atoms. The molecule has 7 nitrogen and oxygen atoms in total. The summed E-state index contributed by atoms with van der Waals surface area (Å²) >= 11 is 0. The highest BCUT2D eigenvalue weighted by Gasteiger charge is 2.21. The number of nitrogens with two attached hydrogens (primary N) is 1. The summed E-state index contributed by atoms with van der Waals surface area (Å²) in [6.45, 7) is 9.77. The number of aromatic nitrogens is 2. The Bertz CT molecular complexity index is 492. The molecule has 21 heavy (non-hydrogen) atoms. The number of nitrogen functional groups attached to an aromatic ring is 1. The summed E-state index contributed by atoms with van der Waals surface area (Å²) in [7, 11) is 2.14. The molecule has 0 saturated carbocycles. The number of anilines is 1. The Hall–Kier alpha value is -1.60. The first-order valence-corrected chi connectivity index (χ1v) is 7.43. The Balaban J connectivity index is 1.98. The minimum Gasteiger partial charge on any atom is -0.462 e. The van der Waals surface area contributed by atoms with Gasteiger partial charge in [0.25, 0.3) is 0 Å². The fourth-order valence-corrected chi connectivity index (χ4v) is 2.53. The van der Waals surface area contributed by atoms with Crippen LogP contribution in [0.15, 0.2) is 0 Å². The van der Waals surface area contributed by atoms with Gasteiger partial charge >= 0.3 is 5.97 Å². The SMILES string of the molecule is CCOC(=O)c1c(C)nn(CCN2CCN(C)CC2)c1N. The molecule has 0 unspecified atom stereocenters. The van der Waals surface area contributed by atoms with Gasteiger partial charge in [0.15, 0.2) is 0 Å². The van der Waals surface area contributed by atoms with Crippen molar-refractivity contribution in [1.29, 1.82) is 0 Å². The van der Waals surface area contributed by atoms with Crippen LogP contribution in [-0.2, 0) is 11.3 Å². The number of piperazine rings is 1. The smallest absolute Gasteiger partial charge is 0.343 e. The van der Waals surface area contributed by atoms with E-state index in [9.17, 15) is 4.79 Å². The molecule has 0 aliphatic carbocycles. The van der Waals surface area contributed by atoms with Gasteiger partial charge in [-0.15, -0.1) is 0 Å². The van der Waals surface area contributed by atoms with Gasteiger partial charge < -0.3 is 15.4 Å². The van der Waals surface area contributed by atoms with Crippen LogP contribution in [0.4, 0.5) is 5.82 Å². The van der Waals surface area contributed by atoms with Gasteiger partial charge in [-0.3, -0.25) is 4.90 Å². The Labute approximate surface area is 125 Å². The first-order valence-electron chi connectivity index (χ1n) is 7.43. The van der Waals surface area contributed by atoms with Crippen molar-refractivity contribution < 1.29 is 9.53 Å². The van der Waals surface area contributed by atoms with Gasteiger partial charge in [-0.05, 0) is 20.9 Å². The minimum atomic E-state index is -0.390. The third kappa shape index (κ3) is 3.74. The molecule has 0 amide bonds. The molecular weight excluding hydrogens is 270 g/mol. The molecule has 118 valence electrons. The average Bonchev–Trinajstić information content (AvgIpc) is 2.73. The first-order chi connectivity index (χ1) is 10.0. The number of carbonyl (C=O) groups is 1. The van der Waals surface area contributed by atoms with Crippen LogP contribution < -0.4 is 5.73 Å². The second-order valence-corrected chi connectivity index (χ2v) is 5.43. The number of nitrogens with zero attached hydrogens (tertiary/aromatic N) is 4. The lowest BCUT2D eigenvalue weighted by Gasteiger charge is -2.32. The van der Waals surface area contributed by atoms with Crippen molar-refractivity contribution in [2.24, 2.45) is 0 Å². The number of ether oxygens (including phenoxy) is 1. The van der Waals surface area contributed by atoms with Crippen LogP contribution in [-0.4, -0.2) is 71.9 Å². The van der Waals surface area contributed by atoms with E-state index >= 15 is 0 Å². The number of rotatable bonds is 5. The van der Waals surface area contributed by atoms with Crippen LogP contribution in [0.3, 0.4) is 0 Å². The summed E-state index contributed by atoms with van der Waals surface area (Å²) in [5.41, 5.74) is 7.07. The molecule has 1 fully saturated rings. The monoisotopic (exact) mass is 295 g/mol. The summed E-state index contributed by atoms with van der Waals surface area (Å²) < 4.78 is 6.73. The molecule has 0 radical (unpaired) electrons. The fourth-order valence-electron chi connectivity index (χ4n) is 2.53. The summed E-state index contributed by atoms with van der Waals surface area (Å²) in [6.07, 6.45) is 0. The number of carbonyl (C=O) groups excluding carboxylic acids is 1. The molecular formula is C14H25N5O2. The highest BCUT2D eigenvalue weighted by molar-refractivity contribution is 5.95. The van der Waals surface area contributed by atoms with Crippen molar-refractivity contribution in [3.05, 3.63) is 11.3 Å². The Morgan fingerprint density at radius 1 is 1.29 bits per heavy atom. The van der Waals surface area contributed by atoms with Crippen LogP contribution in [0, 0.1) is 6.92 Å². The van der Waals surface area contributed by atoms with E-state index < -0.39 is 5.97 Å². The number of aryl methyl sites for hydroxylation is 1. The van der Waals surface area contributed by atoms with Gasteiger partial charge in [0, 0.05) is 32.7 Å². The zero-order valence-corrected chi connectivity index (χ0v) is 13.1. The second-order valence-electron chi connectivity index (χ2n) is 5.43. The molecule has 2 heterocycles. The summed E-state index contributed by atoms with van der Waals surface area (Å²) in [5, 5.41) is 4.37. The number of esters is 1. The van der Waals surface area contributed by atoms with Crippen molar-refractivity contribution >= 4 is 11.8 Å². The van der Waals surface area contributed by atoms with Gasteiger partial charge in [0.05, 0.1) is 18.8 Å². The quantitative estimate of drug-likeness (QED) is 0.782. The van der Waals surface area contributed by atoms with Gasteiger partial charge in [-0.1, -0.05) is 0 Å². The normalized spacial score (nSPS) is 17.1. The molecule has 1 aromatic heterocycles. The van der Waals surface area contributed by atoms with E-state index in [2.05, 4.69) is 21.9 Å². The third-order valence-electron chi connectivity index (χ3n) is 3.87. The lowest BCUT2D eigenvalue weighted by Crippen LogP contribution is -2.45. The van der Waals surface area contributed by atoms with E-state index in [1.165, 1.54) is 0 Å². The van der Waals surface area contributed by atoms with Crippen LogP contribution in [0.2, 0.25) is 0 Å². The standard InChI is InChI=1S/C14H25N5O2/c1-4-21-14(20)12-11(2)16-19(13(12)15)10-9-18-7-5-17(3)6-8-18/h4-10,15H2,1-3H3. The second kappa shape index (κ2) is 6.91. The highest BCUT2D eigenvalue weighted by Crippen LogP contribution is 2.17. The van der Waals surface area contributed by atoms with E-state index in [1.807, 2.05) is 0 Å². The lowest BCUT2D eigenvalue weighted by molar-refractivity contribution is 0.0526. The molecule has 1 aromatic rings. The van der Waals surface area contributed by atoms with Gasteiger partial charge in [0.2, 0.25) is 0 Å². The largest absolute Gasteiger partial charge is 0.462 e. The predicted molar refractivity (Wildman–Crippen MR) is 81.3 cm³/mol. The van der Waals surface area contributed by atoms with Crippen molar-refractivity contribution in [3.63, 3.8) is 0 Å². The highest BCUT2D eigenvalue weighted by atomic mass is 16.5. The van der Waals surface area contributed by atoms with Crippen molar-refractivity contribution in [2.75, 3.05) is 52.1 Å². The molecule has 1 aliphatic heterocycles. The number of hydrogen-bond donors (Lipinski definition) is 1. The van der Waals surface area contributed by atoms with E-state index in [0.717, 1.165) is 32.7 Å². The zero-order chi connectivity index (χ0) is 15.4. The Morgan fingerprint density at radius 2 is 1.95 bits per heavy atom. The molecule has 1 saturated heterocycles. The van der Waals surface area contributed by atoms with Crippen LogP contribution in [0.25, 0.3) is 0 Å². The molecule has 0 aromatic carbocycles. The average molecular weight is 295 g/mol. The number of likely N-dealkylation sites (N-methyl/N-ethyl adjacent to an activating group) is 1. The summed E-state index contributed by atoms with van der Waals surface area (Å²) in [5.74, 6) is 0.0124. The van der Waals surface area contributed by atoms with Gasteiger partial charge in [-0.25, -0.2) is 9.48 Å². The molecule has 0 atom stereocenters. The van der Waals surface area contributed by atoms with E-state index in [4.69, 9.17) is 10.5 Å². The Morgan fingerprint density at radius 3 is 2.57 bits per heavy atom. The zero-order valence-electron chi connectivity index (χ0n) is 13.1. The molecule has 0 spiro atoms. The molecule has 2 N–H and O–H groups in total. The molecule has 7 heteroatoms. The predicted octanol–water partition coefficient (Wildman–Crippen LogP) is 0.198. The first kappa shape index (κ1) is 15.8. The van der Waals surface area contributed by atoms with Crippen LogP contribution in [0.1, 0.15) is 23.0 Å². The minimum absolute atomic E-state index is 0.337. The number of hydrogen-bond acceptors (Lipinski definition) is 6. The van der Waals surface area contributed by atoms with E-state index in [1.54, 1.807) is 18.5 Å². The Kier molecular flexibility index (Phi) is 5.19. The topological polar surface area (TPSA) is 76.6 Å². The maximum atomic E-state index is 11.9. The van der Waals surface area contributed by atoms with Crippen LogP contribution >= 0.6 is 0 Å². The maximum Gasteiger partial charge on any atom is 0.343 e. The third-order valence-corrected chi connectivity index (χ3v) is 3.87. The van der Waals surface area contributed by atoms with Crippen molar-refractivity contribution in [2.45, 2.75) is 20.4 Å². The molecule has 2 rings (SSSR count). The maximum absolute atomic E-state index is 11.9. The molecule has 1 aliphatic rings. The fraction of sp³-hybridized carbons (Fsp3) is 0.714.